The third-order valence-electron chi connectivity index (χ3n) is 5.73. The number of quaternary nitrogens is 2. The molecule has 2 heterocycles. The van der Waals surface area contributed by atoms with Crippen LogP contribution in [0.2, 0.25) is 5.02 Å². The minimum absolute atomic E-state index is 0.288. The summed E-state index contributed by atoms with van der Waals surface area (Å²) < 4.78 is 5.39. The Balaban J connectivity index is 1.38. The Morgan fingerprint density at radius 2 is 1.76 bits per heavy atom. The SMILES string of the molecule is Cc1cc2oc(=O)cc(C[NH+]3CC[NH+](C/C=C/c4ccccc4)CC3)c2cc1Cl. The summed E-state index contributed by atoms with van der Waals surface area (Å²) in [5.74, 6) is 0. The fourth-order valence-corrected chi connectivity index (χ4v) is 4.19. The number of halogens is 1. The summed E-state index contributed by atoms with van der Waals surface area (Å²) in [6.45, 7) is 8.25. The van der Waals surface area contributed by atoms with Gasteiger partial charge in [-0.05, 0) is 36.3 Å². The van der Waals surface area contributed by atoms with Crippen LogP contribution in [0.3, 0.4) is 0 Å². The molecule has 4 nitrogen and oxygen atoms in total. The zero-order valence-corrected chi connectivity index (χ0v) is 17.5. The molecule has 0 unspecified atom stereocenters. The number of piperazine rings is 1. The van der Waals surface area contributed by atoms with E-state index in [2.05, 4.69) is 36.4 Å². The van der Waals surface area contributed by atoms with Crippen LogP contribution in [-0.4, -0.2) is 32.7 Å². The van der Waals surface area contributed by atoms with E-state index in [1.807, 2.05) is 25.1 Å². The van der Waals surface area contributed by atoms with Gasteiger partial charge in [-0.3, -0.25) is 0 Å². The fourth-order valence-electron chi connectivity index (χ4n) is 4.03. The minimum atomic E-state index is -0.288. The average molecular weight is 411 g/mol. The predicted molar refractivity (Wildman–Crippen MR) is 118 cm³/mol. The highest BCUT2D eigenvalue weighted by atomic mass is 35.5. The maximum Gasteiger partial charge on any atom is 0.336 e. The van der Waals surface area contributed by atoms with Crippen LogP contribution in [-0.2, 0) is 6.54 Å². The normalized spacial score (nSPS) is 19.8. The Labute approximate surface area is 176 Å². The van der Waals surface area contributed by atoms with Crippen LogP contribution < -0.4 is 15.4 Å². The summed E-state index contributed by atoms with van der Waals surface area (Å²) in [4.78, 5) is 15.1. The van der Waals surface area contributed by atoms with Gasteiger partial charge in [0.2, 0.25) is 0 Å². The van der Waals surface area contributed by atoms with Crippen molar-refractivity contribution in [2.45, 2.75) is 13.5 Å². The summed E-state index contributed by atoms with van der Waals surface area (Å²) in [5.41, 5.74) is 3.54. The number of fused-ring (bicyclic) bond motifs is 1. The van der Waals surface area contributed by atoms with Crippen molar-refractivity contribution in [2.75, 3.05) is 32.7 Å². The van der Waals surface area contributed by atoms with Gasteiger partial charge in [0.15, 0.2) is 0 Å². The first-order valence-corrected chi connectivity index (χ1v) is 10.6. The van der Waals surface area contributed by atoms with E-state index in [4.69, 9.17) is 16.0 Å². The maximum absolute atomic E-state index is 12.0. The van der Waals surface area contributed by atoms with Crippen molar-refractivity contribution in [1.82, 2.24) is 0 Å². The number of hydrogen-bond donors (Lipinski definition) is 2. The smallest absolute Gasteiger partial charge is 0.336 e. The van der Waals surface area contributed by atoms with Crippen molar-refractivity contribution in [3.05, 3.63) is 86.7 Å². The molecule has 0 amide bonds. The first-order valence-electron chi connectivity index (χ1n) is 10.2. The van der Waals surface area contributed by atoms with Gasteiger partial charge in [-0.2, -0.15) is 0 Å². The molecule has 0 aliphatic carbocycles. The molecule has 150 valence electrons. The third-order valence-corrected chi connectivity index (χ3v) is 6.14. The van der Waals surface area contributed by atoms with E-state index in [1.54, 1.807) is 11.0 Å². The van der Waals surface area contributed by atoms with E-state index in [0.29, 0.717) is 10.6 Å². The number of rotatable bonds is 5. The summed E-state index contributed by atoms with van der Waals surface area (Å²) >= 11 is 6.32. The molecule has 1 aliphatic heterocycles. The van der Waals surface area contributed by atoms with Crippen LogP contribution in [0, 0.1) is 6.92 Å². The van der Waals surface area contributed by atoms with E-state index >= 15 is 0 Å². The lowest BCUT2D eigenvalue weighted by Crippen LogP contribution is -3.27. The van der Waals surface area contributed by atoms with Gasteiger partial charge in [0.1, 0.15) is 38.3 Å². The molecular formula is C24H27ClN2O2+2. The molecule has 0 radical (unpaired) electrons. The molecule has 1 aliphatic rings. The molecule has 0 spiro atoms. The Hall–Kier alpha value is -2.40. The largest absolute Gasteiger partial charge is 0.423 e. The third kappa shape index (κ3) is 4.96. The van der Waals surface area contributed by atoms with Gasteiger partial charge in [0.05, 0.1) is 6.54 Å². The second kappa shape index (κ2) is 8.95. The van der Waals surface area contributed by atoms with Gasteiger partial charge in [-0.1, -0.05) is 48.0 Å². The zero-order chi connectivity index (χ0) is 20.2. The van der Waals surface area contributed by atoms with Gasteiger partial charge in [0.25, 0.3) is 0 Å². The van der Waals surface area contributed by atoms with Crippen LogP contribution in [0.4, 0.5) is 0 Å². The van der Waals surface area contributed by atoms with Gasteiger partial charge >= 0.3 is 5.63 Å². The van der Waals surface area contributed by atoms with Crippen LogP contribution >= 0.6 is 11.6 Å². The summed E-state index contributed by atoms with van der Waals surface area (Å²) in [5, 5.41) is 1.66. The highest BCUT2D eigenvalue weighted by Gasteiger charge is 2.23. The standard InChI is InChI=1S/C24H25ClN2O2/c1-18-14-23-21(16-22(18)25)20(15-24(28)29-23)17-27-12-10-26(11-13-27)9-5-8-19-6-3-2-4-7-19/h2-8,14-16H,9-13,17H2,1H3/p+2/b8-5+. The Bertz CT molecular complexity index is 1070. The van der Waals surface area contributed by atoms with E-state index in [-0.39, 0.29) is 5.63 Å². The molecule has 2 aromatic carbocycles. The highest BCUT2D eigenvalue weighted by molar-refractivity contribution is 6.32. The first-order chi connectivity index (χ1) is 14.1. The van der Waals surface area contributed by atoms with Crippen molar-refractivity contribution < 1.29 is 14.2 Å². The van der Waals surface area contributed by atoms with Crippen LogP contribution in [0.5, 0.6) is 0 Å². The van der Waals surface area contributed by atoms with Crippen LogP contribution in [0.25, 0.3) is 17.0 Å². The molecular weight excluding hydrogens is 384 g/mol. The molecule has 2 N–H and O–H groups in total. The number of aryl methyl sites for hydroxylation is 1. The van der Waals surface area contributed by atoms with Crippen molar-refractivity contribution in [1.29, 1.82) is 0 Å². The summed E-state index contributed by atoms with van der Waals surface area (Å²) in [6.07, 6.45) is 4.48. The average Bonchev–Trinajstić information content (AvgIpc) is 2.71. The van der Waals surface area contributed by atoms with E-state index in [1.165, 1.54) is 10.5 Å². The van der Waals surface area contributed by atoms with Crippen molar-refractivity contribution in [2.24, 2.45) is 0 Å². The molecule has 3 aromatic rings. The van der Waals surface area contributed by atoms with Crippen LogP contribution in [0.1, 0.15) is 16.7 Å². The van der Waals surface area contributed by atoms with Gasteiger partial charge in [-0.25, -0.2) is 4.79 Å². The van der Waals surface area contributed by atoms with Crippen LogP contribution in [0.15, 0.2) is 63.8 Å². The second-order valence-corrected chi connectivity index (χ2v) is 8.29. The van der Waals surface area contributed by atoms with Gasteiger partial charge in [-0.15, -0.1) is 0 Å². The monoisotopic (exact) mass is 410 g/mol. The van der Waals surface area contributed by atoms with E-state index < -0.39 is 0 Å². The minimum Gasteiger partial charge on any atom is -0.423 e. The zero-order valence-electron chi connectivity index (χ0n) is 16.7. The molecule has 5 heteroatoms. The first kappa shape index (κ1) is 19.9. The van der Waals surface area contributed by atoms with Gasteiger partial charge < -0.3 is 14.2 Å². The maximum atomic E-state index is 12.0. The molecule has 0 saturated carbocycles. The molecule has 0 atom stereocenters. The van der Waals surface area contributed by atoms with E-state index in [9.17, 15) is 4.79 Å². The summed E-state index contributed by atoms with van der Waals surface area (Å²) in [7, 11) is 0. The Morgan fingerprint density at radius 3 is 2.52 bits per heavy atom. The second-order valence-electron chi connectivity index (χ2n) is 7.88. The molecule has 0 bridgehead atoms. The van der Waals surface area contributed by atoms with Crippen molar-refractivity contribution in [3.8, 4) is 0 Å². The Morgan fingerprint density at radius 1 is 1.03 bits per heavy atom. The lowest BCUT2D eigenvalue weighted by Gasteiger charge is -2.29. The lowest BCUT2D eigenvalue weighted by atomic mass is 10.1. The predicted octanol–water partition coefficient (Wildman–Crippen LogP) is 1.75. The Kier molecular flexibility index (Phi) is 6.14. The van der Waals surface area contributed by atoms with Crippen molar-refractivity contribution >= 4 is 28.6 Å². The highest BCUT2D eigenvalue weighted by Crippen LogP contribution is 2.24. The number of nitrogens with one attached hydrogen (secondary N) is 2. The molecule has 1 fully saturated rings. The topological polar surface area (TPSA) is 39.1 Å². The van der Waals surface area contributed by atoms with Gasteiger partial charge in [0, 0.05) is 22.0 Å². The lowest BCUT2D eigenvalue weighted by molar-refractivity contribution is -1.02. The fraction of sp³-hybridized carbons (Fsp3) is 0.292. The van der Waals surface area contributed by atoms with E-state index in [0.717, 1.165) is 55.8 Å². The molecule has 29 heavy (non-hydrogen) atoms. The molecule has 1 saturated heterocycles. The molecule has 4 rings (SSSR count). The number of hydrogen-bond acceptors (Lipinski definition) is 2. The molecule has 1 aromatic heterocycles. The summed E-state index contributed by atoms with van der Waals surface area (Å²) in [6, 6.07) is 15.8. The number of benzene rings is 2. The quantitative estimate of drug-likeness (QED) is 0.629. The van der Waals surface area contributed by atoms with Crippen molar-refractivity contribution in [3.63, 3.8) is 0 Å².